The lowest BCUT2D eigenvalue weighted by Gasteiger charge is -2.25. The third-order valence-electron chi connectivity index (χ3n) is 3.40. The zero-order valence-electron chi connectivity index (χ0n) is 12.4. The molecule has 2 N–H and O–H groups in total. The van der Waals surface area contributed by atoms with E-state index in [4.69, 9.17) is 11.6 Å². The fourth-order valence-electron chi connectivity index (χ4n) is 1.69. The van der Waals surface area contributed by atoms with Crippen LogP contribution in [0.25, 0.3) is 0 Å². The van der Waals surface area contributed by atoms with Gasteiger partial charge in [-0.2, -0.15) is 0 Å². The number of aromatic nitrogens is 1. The fraction of sp³-hybridized carbons (Fsp3) is 0.571. The molecule has 1 heterocycles. The molecule has 0 saturated heterocycles. The van der Waals surface area contributed by atoms with E-state index in [-0.39, 0.29) is 17.6 Å². The van der Waals surface area contributed by atoms with Gasteiger partial charge in [-0.25, -0.2) is 4.98 Å². The molecule has 1 aromatic rings. The van der Waals surface area contributed by atoms with Crippen molar-refractivity contribution in [3.8, 4) is 0 Å². The number of carbonyl (C=O) groups is 1. The van der Waals surface area contributed by atoms with E-state index in [1.807, 2.05) is 27.9 Å². The Hall–Kier alpha value is -1.33. The maximum Gasteiger partial charge on any atom is 0.251 e. The van der Waals surface area contributed by atoms with Gasteiger partial charge in [-0.3, -0.25) is 4.79 Å². The molecule has 0 radical (unpaired) electrons. The first-order valence-corrected chi connectivity index (χ1v) is 7.04. The summed E-state index contributed by atoms with van der Waals surface area (Å²) in [4.78, 5) is 18.0. The summed E-state index contributed by atoms with van der Waals surface area (Å²) in [6, 6.07) is 3.18. The van der Waals surface area contributed by atoms with Crippen molar-refractivity contribution in [2.75, 3.05) is 25.5 Å². The number of nitrogens with zero attached hydrogens (tertiary/aromatic N) is 2. The maximum absolute atomic E-state index is 12.1. The molecule has 0 fully saturated rings. The summed E-state index contributed by atoms with van der Waals surface area (Å²) < 4.78 is 0. The number of hydrogen-bond acceptors (Lipinski definition) is 4. The van der Waals surface area contributed by atoms with E-state index in [0.29, 0.717) is 24.2 Å². The lowest BCUT2D eigenvalue weighted by Crippen LogP contribution is -2.42. The zero-order valence-corrected chi connectivity index (χ0v) is 13.2. The predicted molar refractivity (Wildman–Crippen MR) is 81.4 cm³/mol. The van der Waals surface area contributed by atoms with E-state index in [9.17, 15) is 9.90 Å². The van der Waals surface area contributed by atoms with Gasteiger partial charge < -0.3 is 15.3 Å². The topological polar surface area (TPSA) is 65.5 Å². The molecule has 0 aromatic carbocycles. The predicted octanol–water partition coefficient (Wildman–Crippen LogP) is 2.08. The van der Waals surface area contributed by atoms with Crippen molar-refractivity contribution in [1.29, 1.82) is 0 Å². The Morgan fingerprint density at radius 2 is 2.00 bits per heavy atom. The Kier molecular flexibility index (Phi) is 5.77. The largest absolute Gasteiger partial charge is 0.388 e. The summed E-state index contributed by atoms with van der Waals surface area (Å²) in [5.41, 5.74) is -0.431. The van der Waals surface area contributed by atoms with Gasteiger partial charge in [0.25, 0.3) is 5.91 Å². The first-order chi connectivity index (χ1) is 9.31. The number of nitrogens with one attached hydrogen (secondary N) is 1. The Balaban J connectivity index is 2.83. The molecule has 112 valence electrons. The first kappa shape index (κ1) is 16.7. The normalized spacial score (nSPS) is 11.3. The van der Waals surface area contributed by atoms with E-state index in [0.717, 1.165) is 0 Å². The number of carbonyl (C=O) groups excluding carboxylic acids is 1. The van der Waals surface area contributed by atoms with Gasteiger partial charge in [0, 0.05) is 26.2 Å². The zero-order chi connectivity index (χ0) is 15.3. The van der Waals surface area contributed by atoms with E-state index in [1.165, 1.54) is 6.07 Å². The molecule has 1 amide bonds. The van der Waals surface area contributed by atoms with Crippen LogP contribution in [0.2, 0.25) is 5.15 Å². The number of pyridine rings is 1. The molecule has 20 heavy (non-hydrogen) atoms. The SMILES string of the molecule is CCC(O)(CC)CNC(=O)c1cc(Cl)nc(N(C)C)c1. The molecule has 0 aliphatic rings. The molecule has 5 nitrogen and oxygen atoms in total. The van der Waals surface area contributed by atoms with Crippen LogP contribution in [0.15, 0.2) is 12.1 Å². The third kappa shape index (κ3) is 4.35. The van der Waals surface area contributed by atoms with Gasteiger partial charge in [0.15, 0.2) is 0 Å². The highest BCUT2D eigenvalue weighted by Crippen LogP contribution is 2.17. The van der Waals surface area contributed by atoms with Gasteiger partial charge in [-0.15, -0.1) is 0 Å². The second-order valence-corrected chi connectivity index (χ2v) is 5.43. The smallest absolute Gasteiger partial charge is 0.251 e. The Labute approximate surface area is 125 Å². The quantitative estimate of drug-likeness (QED) is 0.789. The van der Waals surface area contributed by atoms with Crippen molar-refractivity contribution >= 4 is 23.3 Å². The maximum atomic E-state index is 12.1. The van der Waals surface area contributed by atoms with Crippen LogP contribution in [0.1, 0.15) is 37.0 Å². The molecule has 1 rings (SSSR count). The summed E-state index contributed by atoms with van der Waals surface area (Å²) in [5.74, 6) is 0.349. The molecular formula is C14H22ClN3O2. The number of amides is 1. The number of hydrogen-bond donors (Lipinski definition) is 2. The fourth-order valence-corrected chi connectivity index (χ4v) is 1.89. The molecule has 6 heteroatoms. The van der Waals surface area contributed by atoms with Crippen molar-refractivity contribution in [3.63, 3.8) is 0 Å². The Bertz CT molecular complexity index is 473. The minimum Gasteiger partial charge on any atom is -0.388 e. The van der Waals surface area contributed by atoms with Gasteiger partial charge in [0.05, 0.1) is 5.60 Å². The minimum atomic E-state index is -0.864. The Morgan fingerprint density at radius 1 is 1.40 bits per heavy atom. The van der Waals surface area contributed by atoms with E-state index in [1.54, 1.807) is 11.0 Å². The van der Waals surface area contributed by atoms with Crippen LogP contribution < -0.4 is 10.2 Å². The molecule has 0 aliphatic carbocycles. The highest BCUT2D eigenvalue weighted by atomic mass is 35.5. The molecule has 0 saturated carbocycles. The van der Waals surface area contributed by atoms with E-state index >= 15 is 0 Å². The monoisotopic (exact) mass is 299 g/mol. The van der Waals surface area contributed by atoms with Crippen LogP contribution in [-0.2, 0) is 0 Å². The highest BCUT2D eigenvalue weighted by Gasteiger charge is 2.23. The second kappa shape index (κ2) is 6.90. The minimum absolute atomic E-state index is 0.218. The van der Waals surface area contributed by atoms with Crippen LogP contribution in [0, 0.1) is 0 Å². The molecule has 0 aliphatic heterocycles. The van der Waals surface area contributed by atoms with Gasteiger partial charge in [0.2, 0.25) is 0 Å². The van der Waals surface area contributed by atoms with Gasteiger partial charge in [0.1, 0.15) is 11.0 Å². The summed E-state index contributed by atoms with van der Waals surface area (Å²) in [7, 11) is 3.65. The van der Waals surface area contributed by atoms with Crippen LogP contribution in [0.4, 0.5) is 5.82 Å². The average molecular weight is 300 g/mol. The van der Waals surface area contributed by atoms with Crippen LogP contribution >= 0.6 is 11.6 Å². The third-order valence-corrected chi connectivity index (χ3v) is 3.59. The van der Waals surface area contributed by atoms with Crippen LogP contribution in [0.5, 0.6) is 0 Å². The number of anilines is 1. The van der Waals surface area contributed by atoms with Gasteiger partial charge >= 0.3 is 0 Å². The lowest BCUT2D eigenvalue weighted by atomic mass is 9.97. The van der Waals surface area contributed by atoms with Crippen molar-refractivity contribution < 1.29 is 9.90 Å². The molecule has 0 bridgehead atoms. The van der Waals surface area contributed by atoms with Crippen molar-refractivity contribution in [3.05, 3.63) is 22.8 Å². The van der Waals surface area contributed by atoms with Crippen LogP contribution in [-0.4, -0.2) is 42.2 Å². The molecule has 0 atom stereocenters. The highest BCUT2D eigenvalue weighted by molar-refractivity contribution is 6.29. The van der Waals surface area contributed by atoms with E-state index in [2.05, 4.69) is 10.3 Å². The van der Waals surface area contributed by atoms with Crippen LogP contribution in [0.3, 0.4) is 0 Å². The summed E-state index contributed by atoms with van der Waals surface area (Å²) in [6.07, 6.45) is 1.17. The first-order valence-electron chi connectivity index (χ1n) is 6.67. The van der Waals surface area contributed by atoms with Crippen molar-refractivity contribution in [2.45, 2.75) is 32.3 Å². The molecule has 0 spiro atoms. The molecule has 1 aromatic heterocycles. The van der Waals surface area contributed by atoms with Gasteiger partial charge in [-0.1, -0.05) is 25.4 Å². The number of halogens is 1. The average Bonchev–Trinajstić information content (AvgIpc) is 2.43. The van der Waals surface area contributed by atoms with Crippen molar-refractivity contribution in [1.82, 2.24) is 10.3 Å². The summed E-state index contributed by atoms with van der Waals surface area (Å²) in [5, 5.41) is 13.2. The standard InChI is InChI=1S/C14H22ClN3O2/c1-5-14(20,6-2)9-16-13(19)10-7-11(15)17-12(8-10)18(3)4/h7-8,20H,5-6,9H2,1-4H3,(H,16,19). The summed E-state index contributed by atoms with van der Waals surface area (Å²) in [6.45, 7) is 4.00. The number of aliphatic hydroxyl groups is 1. The van der Waals surface area contributed by atoms with E-state index < -0.39 is 5.60 Å². The molecule has 0 unspecified atom stereocenters. The Morgan fingerprint density at radius 3 is 2.50 bits per heavy atom. The molecular weight excluding hydrogens is 278 g/mol. The van der Waals surface area contributed by atoms with Crippen molar-refractivity contribution in [2.24, 2.45) is 0 Å². The number of rotatable bonds is 6. The second-order valence-electron chi connectivity index (χ2n) is 5.05. The lowest BCUT2D eigenvalue weighted by molar-refractivity contribution is 0.0314. The summed E-state index contributed by atoms with van der Waals surface area (Å²) >= 11 is 5.92. The van der Waals surface area contributed by atoms with Gasteiger partial charge in [-0.05, 0) is 25.0 Å².